The first-order valence-electron chi connectivity index (χ1n) is 7.39. The molecule has 0 aromatic rings. The van der Waals surface area contributed by atoms with Crippen molar-refractivity contribution >= 4 is 11.7 Å². The van der Waals surface area contributed by atoms with Crippen LogP contribution < -0.4 is 0 Å². The highest BCUT2D eigenvalue weighted by molar-refractivity contribution is 5.84. The van der Waals surface area contributed by atoms with Gasteiger partial charge in [-0.15, -0.1) is 0 Å². The summed E-state index contributed by atoms with van der Waals surface area (Å²) in [5.74, 6) is 0.464. The summed E-state index contributed by atoms with van der Waals surface area (Å²) in [4.78, 5) is 27.6. The Morgan fingerprint density at radius 3 is 2.79 bits per heavy atom. The Morgan fingerprint density at radius 1 is 1.21 bits per heavy atom. The minimum atomic E-state index is 0.181. The Balaban J connectivity index is 1.55. The number of ether oxygens (including phenoxy) is 1. The first kappa shape index (κ1) is 13.1. The zero-order chi connectivity index (χ0) is 13.2. The summed E-state index contributed by atoms with van der Waals surface area (Å²) in [5, 5.41) is 0. The van der Waals surface area contributed by atoms with Crippen LogP contribution in [0.5, 0.6) is 0 Å². The minimum absolute atomic E-state index is 0.181. The number of fused-ring (bicyclic) bond motifs is 1. The lowest BCUT2D eigenvalue weighted by molar-refractivity contribution is -0.138. The van der Waals surface area contributed by atoms with E-state index < -0.39 is 0 Å². The number of Topliss-reactive ketones (excluding diaryl/α,β-unsaturated/α-hetero) is 1. The molecule has 3 rings (SSSR count). The number of ketones is 1. The van der Waals surface area contributed by atoms with Crippen LogP contribution in [0.1, 0.15) is 32.1 Å². The SMILES string of the molecule is O=C1CCN(C(=O)CN2CCOC3CCCC32)CC1. The van der Waals surface area contributed by atoms with Crippen molar-refractivity contribution in [2.75, 3.05) is 32.8 Å². The van der Waals surface area contributed by atoms with Gasteiger partial charge in [-0.3, -0.25) is 14.5 Å². The van der Waals surface area contributed by atoms with Crippen LogP contribution in [0.15, 0.2) is 0 Å². The molecule has 2 aliphatic heterocycles. The molecule has 0 aromatic heterocycles. The maximum absolute atomic E-state index is 12.3. The number of carbonyl (C=O) groups is 2. The van der Waals surface area contributed by atoms with Crippen molar-refractivity contribution < 1.29 is 14.3 Å². The third-order valence-corrected chi connectivity index (χ3v) is 4.61. The van der Waals surface area contributed by atoms with Gasteiger partial charge in [0.15, 0.2) is 0 Å². The van der Waals surface area contributed by atoms with Crippen LogP contribution in [0.2, 0.25) is 0 Å². The fraction of sp³-hybridized carbons (Fsp3) is 0.857. The molecule has 1 saturated carbocycles. The van der Waals surface area contributed by atoms with Crippen molar-refractivity contribution in [3.8, 4) is 0 Å². The molecule has 0 aromatic carbocycles. The lowest BCUT2D eigenvalue weighted by Crippen LogP contribution is -2.53. The third-order valence-electron chi connectivity index (χ3n) is 4.61. The van der Waals surface area contributed by atoms with E-state index in [9.17, 15) is 9.59 Å². The van der Waals surface area contributed by atoms with E-state index in [1.165, 1.54) is 6.42 Å². The normalized spacial score (nSPS) is 32.4. The van der Waals surface area contributed by atoms with Gasteiger partial charge in [-0.2, -0.15) is 0 Å². The van der Waals surface area contributed by atoms with Crippen molar-refractivity contribution in [2.24, 2.45) is 0 Å². The molecule has 0 N–H and O–H groups in total. The van der Waals surface area contributed by atoms with E-state index in [0.29, 0.717) is 44.6 Å². The quantitative estimate of drug-likeness (QED) is 0.727. The summed E-state index contributed by atoms with van der Waals surface area (Å²) in [7, 11) is 0. The summed E-state index contributed by atoms with van der Waals surface area (Å²) in [6.07, 6.45) is 4.88. The van der Waals surface area contributed by atoms with Crippen LogP contribution in [-0.2, 0) is 14.3 Å². The summed E-state index contributed by atoms with van der Waals surface area (Å²) < 4.78 is 5.76. The van der Waals surface area contributed by atoms with Crippen molar-refractivity contribution in [3.63, 3.8) is 0 Å². The van der Waals surface area contributed by atoms with Crippen LogP contribution in [0, 0.1) is 0 Å². The number of nitrogens with zero attached hydrogens (tertiary/aromatic N) is 2. The number of carbonyl (C=O) groups excluding carboxylic acids is 2. The molecular formula is C14H22N2O3. The standard InChI is InChI=1S/C14H22N2O3/c17-11-4-6-15(7-5-11)14(18)10-16-8-9-19-13-3-1-2-12(13)16/h12-13H,1-10H2. The highest BCUT2D eigenvalue weighted by atomic mass is 16.5. The van der Waals surface area contributed by atoms with Gasteiger partial charge in [-0.05, 0) is 19.3 Å². The smallest absolute Gasteiger partial charge is 0.236 e. The highest BCUT2D eigenvalue weighted by Gasteiger charge is 2.37. The average Bonchev–Trinajstić information content (AvgIpc) is 2.89. The first-order chi connectivity index (χ1) is 9.24. The molecule has 2 heterocycles. The van der Waals surface area contributed by atoms with E-state index in [0.717, 1.165) is 26.0 Å². The average molecular weight is 266 g/mol. The van der Waals surface area contributed by atoms with Gasteiger partial charge in [0.25, 0.3) is 0 Å². The molecule has 5 nitrogen and oxygen atoms in total. The van der Waals surface area contributed by atoms with Crippen LogP contribution in [0.3, 0.4) is 0 Å². The maximum atomic E-state index is 12.3. The topological polar surface area (TPSA) is 49.9 Å². The molecular weight excluding hydrogens is 244 g/mol. The van der Waals surface area contributed by atoms with E-state index >= 15 is 0 Å². The predicted molar refractivity (Wildman–Crippen MR) is 69.8 cm³/mol. The molecule has 3 fully saturated rings. The van der Waals surface area contributed by atoms with E-state index in [1.54, 1.807) is 0 Å². The molecule has 2 saturated heterocycles. The summed E-state index contributed by atoms with van der Waals surface area (Å²) in [6.45, 7) is 3.32. The van der Waals surface area contributed by atoms with Gasteiger partial charge in [0, 0.05) is 38.5 Å². The van der Waals surface area contributed by atoms with Crippen molar-refractivity contribution in [1.82, 2.24) is 9.80 Å². The summed E-state index contributed by atoms with van der Waals surface area (Å²) in [6, 6.07) is 0.434. The van der Waals surface area contributed by atoms with Gasteiger partial charge < -0.3 is 9.64 Å². The van der Waals surface area contributed by atoms with Crippen LogP contribution in [0.4, 0.5) is 0 Å². The highest BCUT2D eigenvalue weighted by Crippen LogP contribution is 2.29. The molecule has 1 amide bonds. The van der Waals surface area contributed by atoms with Crippen LogP contribution in [-0.4, -0.2) is 66.4 Å². The molecule has 0 bridgehead atoms. The van der Waals surface area contributed by atoms with Crippen LogP contribution in [0.25, 0.3) is 0 Å². The van der Waals surface area contributed by atoms with Gasteiger partial charge in [0.1, 0.15) is 5.78 Å². The van der Waals surface area contributed by atoms with Gasteiger partial charge in [0.2, 0.25) is 5.91 Å². The van der Waals surface area contributed by atoms with Gasteiger partial charge in [-0.1, -0.05) is 0 Å². The largest absolute Gasteiger partial charge is 0.375 e. The fourth-order valence-electron chi connectivity index (χ4n) is 3.48. The van der Waals surface area contributed by atoms with Gasteiger partial charge in [-0.25, -0.2) is 0 Å². The molecule has 19 heavy (non-hydrogen) atoms. The van der Waals surface area contributed by atoms with Crippen molar-refractivity contribution in [3.05, 3.63) is 0 Å². The lowest BCUT2D eigenvalue weighted by atomic mass is 10.1. The second kappa shape index (κ2) is 5.59. The Kier molecular flexibility index (Phi) is 3.84. The Hall–Kier alpha value is -0.940. The third kappa shape index (κ3) is 2.82. The second-order valence-corrected chi connectivity index (χ2v) is 5.80. The number of likely N-dealkylation sites (tertiary alicyclic amines) is 1. The molecule has 106 valence electrons. The molecule has 2 unspecified atom stereocenters. The monoisotopic (exact) mass is 266 g/mol. The number of morpholine rings is 1. The molecule has 3 aliphatic rings. The van der Waals surface area contributed by atoms with E-state index in [1.807, 2.05) is 4.90 Å². The Bertz CT molecular complexity index is 362. The van der Waals surface area contributed by atoms with Gasteiger partial charge >= 0.3 is 0 Å². The predicted octanol–water partition coefficient (Wildman–Crippen LogP) is 0.431. The van der Waals surface area contributed by atoms with Crippen LogP contribution >= 0.6 is 0 Å². The zero-order valence-electron chi connectivity index (χ0n) is 11.3. The molecule has 0 radical (unpaired) electrons. The minimum Gasteiger partial charge on any atom is -0.375 e. The number of piperidine rings is 1. The van der Waals surface area contributed by atoms with Crippen molar-refractivity contribution in [1.29, 1.82) is 0 Å². The van der Waals surface area contributed by atoms with Gasteiger partial charge in [0.05, 0.1) is 19.3 Å². The first-order valence-corrected chi connectivity index (χ1v) is 7.39. The molecule has 1 aliphatic carbocycles. The van der Waals surface area contributed by atoms with E-state index in [4.69, 9.17) is 4.74 Å². The zero-order valence-corrected chi connectivity index (χ0v) is 11.3. The molecule has 5 heteroatoms. The number of rotatable bonds is 2. The number of hydrogen-bond acceptors (Lipinski definition) is 4. The van der Waals surface area contributed by atoms with E-state index in [2.05, 4.69) is 4.90 Å². The Labute approximate surface area is 113 Å². The number of amides is 1. The molecule has 0 spiro atoms. The summed E-state index contributed by atoms with van der Waals surface area (Å²) >= 11 is 0. The summed E-state index contributed by atoms with van der Waals surface area (Å²) in [5.41, 5.74) is 0. The molecule has 2 atom stereocenters. The van der Waals surface area contributed by atoms with Crippen molar-refractivity contribution in [2.45, 2.75) is 44.2 Å². The van der Waals surface area contributed by atoms with E-state index in [-0.39, 0.29) is 11.7 Å². The second-order valence-electron chi connectivity index (χ2n) is 5.80. The fourth-order valence-corrected chi connectivity index (χ4v) is 3.48. The lowest BCUT2D eigenvalue weighted by Gasteiger charge is -2.38. The maximum Gasteiger partial charge on any atom is 0.236 e. The Morgan fingerprint density at radius 2 is 2.00 bits per heavy atom. The number of hydrogen-bond donors (Lipinski definition) is 0.